The summed E-state index contributed by atoms with van der Waals surface area (Å²) in [6.07, 6.45) is 0.417. The molecule has 0 fully saturated rings. The molecule has 0 atom stereocenters. The standard InChI is InChI=1S/C13H13ClN4OS/c1-2-15-13-10(16-17-20-13)7-18-11-6-9(14)4-3-8(11)5-12(18)19/h3-4,6,15H,2,5,7H2,1H3. The van der Waals surface area contributed by atoms with E-state index in [1.807, 2.05) is 25.1 Å². The molecule has 2 aromatic rings. The smallest absolute Gasteiger partial charge is 0.231 e. The van der Waals surface area contributed by atoms with Crippen LogP contribution in [0.2, 0.25) is 5.02 Å². The number of hydrogen-bond acceptors (Lipinski definition) is 5. The Hall–Kier alpha value is -1.66. The second-order valence-corrected chi connectivity index (χ2v) is 5.70. The van der Waals surface area contributed by atoms with Gasteiger partial charge in [0.2, 0.25) is 5.91 Å². The van der Waals surface area contributed by atoms with E-state index in [-0.39, 0.29) is 5.91 Å². The molecule has 0 radical (unpaired) electrons. The largest absolute Gasteiger partial charge is 0.374 e. The molecule has 0 saturated heterocycles. The number of nitrogens with one attached hydrogen (secondary N) is 1. The molecular weight excluding hydrogens is 296 g/mol. The fourth-order valence-electron chi connectivity index (χ4n) is 2.26. The Labute approximate surface area is 125 Å². The summed E-state index contributed by atoms with van der Waals surface area (Å²) in [6.45, 7) is 3.23. The number of fused-ring (bicyclic) bond motifs is 1. The zero-order valence-corrected chi connectivity index (χ0v) is 12.5. The summed E-state index contributed by atoms with van der Waals surface area (Å²) < 4.78 is 3.95. The van der Waals surface area contributed by atoms with Gasteiger partial charge in [-0.2, -0.15) is 0 Å². The number of carbonyl (C=O) groups excluding carboxylic acids is 1. The van der Waals surface area contributed by atoms with Crippen LogP contribution in [-0.2, 0) is 17.8 Å². The number of aromatic nitrogens is 2. The van der Waals surface area contributed by atoms with Gasteiger partial charge in [0.25, 0.3) is 0 Å². The lowest BCUT2D eigenvalue weighted by Crippen LogP contribution is -2.26. The Morgan fingerprint density at radius 3 is 3.15 bits per heavy atom. The minimum Gasteiger partial charge on any atom is -0.374 e. The van der Waals surface area contributed by atoms with Gasteiger partial charge >= 0.3 is 0 Å². The molecule has 20 heavy (non-hydrogen) atoms. The van der Waals surface area contributed by atoms with E-state index < -0.39 is 0 Å². The van der Waals surface area contributed by atoms with Crippen LogP contribution in [-0.4, -0.2) is 22.0 Å². The van der Waals surface area contributed by atoms with Crippen molar-refractivity contribution in [2.24, 2.45) is 0 Å². The Kier molecular flexibility index (Phi) is 3.58. The average molecular weight is 309 g/mol. The molecule has 0 aliphatic carbocycles. The van der Waals surface area contributed by atoms with Crippen LogP contribution in [0.25, 0.3) is 0 Å². The van der Waals surface area contributed by atoms with Crippen LogP contribution in [0.15, 0.2) is 18.2 Å². The van der Waals surface area contributed by atoms with Gasteiger partial charge in [-0.25, -0.2) is 0 Å². The number of benzene rings is 1. The van der Waals surface area contributed by atoms with Crippen molar-refractivity contribution in [3.8, 4) is 0 Å². The van der Waals surface area contributed by atoms with Crippen molar-refractivity contribution in [1.82, 2.24) is 9.59 Å². The lowest BCUT2D eigenvalue weighted by atomic mass is 10.2. The molecule has 1 aliphatic heterocycles. The molecular formula is C13H13ClN4OS. The molecule has 104 valence electrons. The predicted molar refractivity (Wildman–Crippen MR) is 80.4 cm³/mol. The second kappa shape index (κ2) is 5.38. The molecule has 7 heteroatoms. The van der Waals surface area contributed by atoms with Crippen molar-refractivity contribution >= 4 is 39.7 Å². The predicted octanol–water partition coefficient (Wildman–Crippen LogP) is 2.71. The molecule has 5 nitrogen and oxygen atoms in total. The Balaban J connectivity index is 1.90. The van der Waals surface area contributed by atoms with Crippen LogP contribution in [0.3, 0.4) is 0 Å². The van der Waals surface area contributed by atoms with Crippen LogP contribution in [0.4, 0.5) is 10.7 Å². The molecule has 0 bridgehead atoms. The van der Waals surface area contributed by atoms with Crippen molar-refractivity contribution < 1.29 is 4.79 Å². The van der Waals surface area contributed by atoms with Gasteiger partial charge < -0.3 is 10.2 Å². The normalized spacial score (nSPS) is 13.7. The Morgan fingerprint density at radius 1 is 1.50 bits per heavy atom. The number of rotatable bonds is 4. The van der Waals surface area contributed by atoms with Gasteiger partial charge in [0, 0.05) is 28.8 Å². The number of carbonyl (C=O) groups is 1. The van der Waals surface area contributed by atoms with Gasteiger partial charge in [-0.15, -0.1) is 5.10 Å². The molecule has 1 aromatic heterocycles. The number of nitrogens with zero attached hydrogens (tertiary/aromatic N) is 3. The average Bonchev–Trinajstić information content (AvgIpc) is 2.97. The van der Waals surface area contributed by atoms with Gasteiger partial charge in [-0.05, 0) is 24.6 Å². The van der Waals surface area contributed by atoms with Crippen molar-refractivity contribution in [2.75, 3.05) is 16.8 Å². The Morgan fingerprint density at radius 2 is 2.35 bits per heavy atom. The third kappa shape index (κ3) is 2.36. The molecule has 0 saturated carbocycles. The van der Waals surface area contributed by atoms with E-state index in [1.54, 1.807) is 4.90 Å². The minimum atomic E-state index is 0.0673. The van der Waals surface area contributed by atoms with Gasteiger partial charge in [0.1, 0.15) is 10.7 Å². The summed E-state index contributed by atoms with van der Waals surface area (Å²) in [5.41, 5.74) is 2.67. The first-order valence-electron chi connectivity index (χ1n) is 6.33. The first kappa shape index (κ1) is 13.3. The fourth-order valence-corrected chi connectivity index (χ4v) is 3.07. The fraction of sp³-hybridized carbons (Fsp3) is 0.308. The number of halogens is 1. The van der Waals surface area contributed by atoms with E-state index in [2.05, 4.69) is 14.9 Å². The number of amides is 1. The quantitative estimate of drug-likeness (QED) is 0.943. The van der Waals surface area contributed by atoms with Crippen molar-refractivity contribution in [3.05, 3.63) is 34.5 Å². The van der Waals surface area contributed by atoms with Crippen LogP contribution in [0, 0.1) is 0 Å². The highest BCUT2D eigenvalue weighted by atomic mass is 35.5. The van der Waals surface area contributed by atoms with E-state index >= 15 is 0 Å². The third-order valence-corrected chi connectivity index (χ3v) is 4.14. The topological polar surface area (TPSA) is 58.1 Å². The van der Waals surface area contributed by atoms with Gasteiger partial charge in [0.15, 0.2) is 0 Å². The van der Waals surface area contributed by atoms with Crippen LogP contribution in [0.1, 0.15) is 18.2 Å². The summed E-state index contributed by atoms with van der Waals surface area (Å²) >= 11 is 7.33. The molecule has 1 amide bonds. The summed E-state index contributed by atoms with van der Waals surface area (Å²) in [7, 11) is 0. The highest BCUT2D eigenvalue weighted by molar-refractivity contribution is 7.10. The molecule has 2 heterocycles. The van der Waals surface area contributed by atoms with E-state index in [1.165, 1.54) is 11.5 Å². The zero-order valence-electron chi connectivity index (χ0n) is 10.9. The number of anilines is 2. The summed E-state index contributed by atoms with van der Waals surface area (Å²) in [5.74, 6) is 0.0673. The van der Waals surface area contributed by atoms with Crippen molar-refractivity contribution in [2.45, 2.75) is 19.9 Å². The van der Waals surface area contributed by atoms with Gasteiger partial charge in [0.05, 0.1) is 13.0 Å². The zero-order chi connectivity index (χ0) is 14.1. The highest BCUT2D eigenvalue weighted by Crippen LogP contribution is 2.33. The van der Waals surface area contributed by atoms with Crippen LogP contribution >= 0.6 is 23.1 Å². The molecule has 1 N–H and O–H groups in total. The van der Waals surface area contributed by atoms with Gasteiger partial charge in [-0.3, -0.25) is 4.79 Å². The van der Waals surface area contributed by atoms with Crippen LogP contribution < -0.4 is 10.2 Å². The highest BCUT2D eigenvalue weighted by Gasteiger charge is 2.28. The maximum absolute atomic E-state index is 12.2. The molecule has 1 aromatic carbocycles. The van der Waals surface area contributed by atoms with Crippen molar-refractivity contribution in [1.29, 1.82) is 0 Å². The SMILES string of the molecule is CCNc1snnc1CN1C(=O)Cc2ccc(Cl)cc21. The first-order chi connectivity index (χ1) is 9.69. The van der Waals surface area contributed by atoms with Crippen molar-refractivity contribution in [3.63, 3.8) is 0 Å². The van der Waals surface area contributed by atoms with Crippen LogP contribution in [0.5, 0.6) is 0 Å². The third-order valence-electron chi connectivity index (χ3n) is 3.18. The first-order valence-corrected chi connectivity index (χ1v) is 7.48. The second-order valence-electron chi connectivity index (χ2n) is 4.51. The van der Waals surface area contributed by atoms with E-state index in [0.717, 1.165) is 28.5 Å². The molecule has 0 unspecified atom stereocenters. The number of hydrogen-bond donors (Lipinski definition) is 1. The van der Waals surface area contributed by atoms with E-state index in [9.17, 15) is 4.79 Å². The maximum atomic E-state index is 12.2. The lowest BCUT2D eigenvalue weighted by Gasteiger charge is -2.17. The molecule has 3 rings (SSSR count). The monoisotopic (exact) mass is 308 g/mol. The minimum absolute atomic E-state index is 0.0673. The molecule has 0 spiro atoms. The lowest BCUT2D eigenvalue weighted by molar-refractivity contribution is -0.117. The van der Waals surface area contributed by atoms with Gasteiger partial charge in [-0.1, -0.05) is 22.2 Å². The van der Waals surface area contributed by atoms with E-state index in [0.29, 0.717) is 18.0 Å². The summed E-state index contributed by atoms with van der Waals surface area (Å²) in [6, 6.07) is 5.54. The van der Waals surface area contributed by atoms with E-state index in [4.69, 9.17) is 11.6 Å². The molecule has 1 aliphatic rings. The summed E-state index contributed by atoms with van der Waals surface area (Å²) in [5, 5.41) is 8.86. The summed E-state index contributed by atoms with van der Waals surface area (Å²) in [4.78, 5) is 13.9. The Bertz CT molecular complexity index is 658. The maximum Gasteiger partial charge on any atom is 0.231 e.